The summed E-state index contributed by atoms with van der Waals surface area (Å²) in [5.74, 6) is 0.206. The number of halogens is 1. The van der Waals surface area contributed by atoms with Gasteiger partial charge >= 0.3 is 5.97 Å². The van der Waals surface area contributed by atoms with Gasteiger partial charge in [0.2, 0.25) is 0 Å². The van der Waals surface area contributed by atoms with Gasteiger partial charge < -0.3 is 14.8 Å². The second-order valence-electron chi connectivity index (χ2n) is 3.13. The highest BCUT2D eigenvalue weighted by Crippen LogP contribution is 2.28. The molecule has 0 radical (unpaired) electrons. The van der Waals surface area contributed by atoms with Crippen molar-refractivity contribution in [2.24, 2.45) is 0 Å². The van der Waals surface area contributed by atoms with Crippen LogP contribution in [0.15, 0.2) is 18.2 Å². The normalized spacial score (nSPS) is 12.0. The van der Waals surface area contributed by atoms with Gasteiger partial charge in [0.25, 0.3) is 0 Å². The molecule has 88 valence electrons. The van der Waals surface area contributed by atoms with Crippen molar-refractivity contribution in [2.45, 2.75) is 6.04 Å². The fourth-order valence-electron chi connectivity index (χ4n) is 1.45. The summed E-state index contributed by atoms with van der Waals surface area (Å²) >= 11 is 5.89. The molecule has 0 amide bonds. The molecule has 5 heteroatoms. The molecule has 0 aliphatic heterocycles. The first-order valence-corrected chi connectivity index (χ1v) is 5.10. The summed E-state index contributed by atoms with van der Waals surface area (Å²) < 4.78 is 9.87. The molecule has 16 heavy (non-hydrogen) atoms. The number of benzene rings is 1. The largest absolute Gasteiger partial charge is 0.496 e. The predicted octanol–water partition coefficient (Wildman–Crippen LogP) is 1.78. The lowest BCUT2D eigenvalue weighted by molar-refractivity contribution is -0.143. The standard InChI is InChI=1S/C11H14ClNO3/c1-13-10(11(14)16-3)8-6-7(12)4-5-9(8)15-2/h4-6,10,13H,1-3H3. The molecule has 0 saturated carbocycles. The van der Waals surface area contributed by atoms with Crippen LogP contribution in [-0.2, 0) is 9.53 Å². The number of carbonyl (C=O) groups is 1. The number of hydrogen-bond donors (Lipinski definition) is 1. The molecular weight excluding hydrogens is 230 g/mol. The lowest BCUT2D eigenvalue weighted by Crippen LogP contribution is -2.26. The Bertz CT molecular complexity index is 381. The van der Waals surface area contributed by atoms with Gasteiger partial charge in [-0.25, -0.2) is 4.79 Å². The van der Waals surface area contributed by atoms with Crippen molar-refractivity contribution in [2.75, 3.05) is 21.3 Å². The van der Waals surface area contributed by atoms with Crippen molar-refractivity contribution in [3.8, 4) is 5.75 Å². The summed E-state index contributed by atoms with van der Waals surface area (Å²) in [5, 5.41) is 3.40. The maximum absolute atomic E-state index is 11.5. The van der Waals surface area contributed by atoms with Crippen LogP contribution in [0.1, 0.15) is 11.6 Å². The van der Waals surface area contributed by atoms with Gasteiger partial charge in [-0.2, -0.15) is 0 Å². The predicted molar refractivity (Wildman–Crippen MR) is 61.8 cm³/mol. The summed E-state index contributed by atoms with van der Waals surface area (Å²) in [6.45, 7) is 0. The smallest absolute Gasteiger partial charge is 0.327 e. The average molecular weight is 244 g/mol. The Morgan fingerprint density at radius 3 is 2.62 bits per heavy atom. The zero-order chi connectivity index (χ0) is 12.1. The van der Waals surface area contributed by atoms with E-state index in [1.165, 1.54) is 14.2 Å². The maximum Gasteiger partial charge on any atom is 0.327 e. The third-order valence-electron chi connectivity index (χ3n) is 2.23. The molecular formula is C11H14ClNO3. The molecule has 0 saturated heterocycles. The molecule has 0 aliphatic carbocycles. The number of rotatable bonds is 4. The van der Waals surface area contributed by atoms with Gasteiger partial charge in [-0.05, 0) is 25.2 Å². The molecule has 0 spiro atoms. The van der Waals surface area contributed by atoms with Gasteiger partial charge in [0, 0.05) is 10.6 Å². The van der Waals surface area contributed by atoms with Crippen LogP contribution < -0.4 is 10.1 Å². The minimum absolute atomic E-state index is 0.386. The monoisotopic (exact) mass is 243 g/mol. The van der Waals surface area contributed by atoms with Crippen LogP contribution in [0.25, 0.3) is 0 Å². The van der Waals surface area contributed by atoms with Crippen LogP contribution >= 0.6 is 11.6 Å². The molecule has 1 aromatic rings. The van der Waals surface area contributed by atoms with Gasteiger partial charge in [-0.15, -0.1) is 0 Å². The van der Waals surface area contributed by atoms with Crippen LogP contribution in [-0.4, -0.2) is 27.2 Å². The number of methoxy groups -OCH3 is 2. The molecule has 0 aliphatic rings. The minimum Gasteiger partial charge on any atom is -0.496 e. The molecule has 1 rings (SSSR count). The van der Waals surface area contributed by atoms with E-state index in [2.05, 4.69) is 5.32 Å². The molecule has 4 nitrogen and oxygen atoms in total. The quantitative estimate of drug-likeness (QED) is 0.819. The van der Waals surface area contributed by atoms with Gasteiger partial charge in [-0.3, -0.25) is 0 Å². The number of esters is 1. The van der Waals surface area contributed by atoms with E-state index in [0.717, 1.165) is 0 Å². The van der Waals surface area contributed by atoms with Crippen molar-refractivity contribution in [3.63, 3.8) is 0 Å². The van der Waals surface area contributed by atoms with Crippen molar-refractivity contribution in [1.29, 1.82) is 0 Å². The van der Waals surface area contributed by atoms with Gasteiger partial charge in [0.1, 0.15) is 11.8 Å². The Morgan fingerprint density at radius 1 is 1.44 bits per heavy atom. The highest BCUT2D eigenvalue weighted by molar-refractivity contribution is 6.30. The molecule has 1 unspecified atom stereocenters. The van der Waals surface area contributed by atoms with E-state index in [4.69, 9.17) is 21.1 Å². The topological polar surface area (TPSA) is 47.6 Å². The van der Waals surface area contributed by atoms with Crippen LogP contribution in [0.4, 0.5) is 0 Å². The average Bonchev–Trinajstić information content (AvgIpc) is 2.30. The van der Waals surface area contributed by atoms with E-state index in [1.54, 1.807) is 25.2 Å². The second kappa shape index (κ2) is 5.72. The first-order chi connectivity index (χ1) is 7.63. The zero-order valence-corrected chi connectivity index (χ0v) is 10.2. The summed E-state index contributed by atoms with van der Waals surface area (Å²) in [7, 11) is 4.54. The van der Waals surface area contributed by atoms with Crippen LogP contribution in [0.2, 0.25) is 5.02 Å². The van der Waals surface area contributed by atoms with Crippen molar-refractivity contribution in [1.82, 2.24) is 5.32 Å². The van der Waals surface area contributed by atoms with Crippen molar-refractivity contribution >= 4 is 17.6 Å². The van der Waals surface area contributed by atoms with E-state index < -0.39 is 6.04 Å². The summed E-state index contributed by atoms with van der Waals surface area (Å²) in [5.41, 5.74) is 0.657. The van der Waals surface area contributed by atoms with Crippen molar-refractivity contribution in [3.05, 3.63) is 28.8 Å². The fraction of sp³-hybridized carbons (Fsp3) is 0.364. The minimum atomic E-state index is -0.585. The van der Waals surface area contributed by atoms with E-state index in [0.29, 0.717) is 16.3 Å². The zero-order valence-electron chi connectivity index (χ0n) is 9.41. The molecule has 0 bridgehead atoms. The van der Waals surface area contributed by atoms with Gasteiger partial charge in [-0.1, -0.05) is 11.6 Å². The lowest BCUT2D eigenvalue weighted by Gasteiger charge is -2.17. The Morgan fingerprint density at radius 2 is 2.12 bits per heavy atom. The van der Waals surface area contributed by atoms with Crippen molar-refractivity contribution < 1.29 is 14.3 Å². The SMILES string of the molecule is CNC(C(=O)OC)c1cc(Cl)ccc1OC. The Balaban J connectivity index is 3.17. The number of ether oxygens (including phenoxy) is 2. The lowest BCUT2D eigenvalue weighted by atomic mass is 10.1. The molecule has 1 aromatic carbocycles. The number of likely N-dealkylation sites (N-methyl/N-ethyl adjacent to an activating group) is 1. The van der Waals surface area contributed by atoms with E-state index in [1.807, 2.05) is 0 Å². The van der Waals surface area contributed by atoms with Crippen LogP contribution in [0.3, 0.4) is 0 Å². The number of nitrogens with one attached hydrogen (secondary N) is 1. The van der Waals surface area contributed by atoms with Crippen LogP contribution in [0, 0.1) is 0 Å². The number of hydrogen-bond acceptors (Lipinski definition) is 4. The highest BCUT2D eigenvalue weighted by atomic mass is 35.5. The Hall–Kier alpha value is -1.26. The highest BCUT2D eigenvalue weighted by Gasteiger charge is 2.23. The summed E-state index contributed by atoms with van der Waals surface area (Å²) in [6, 6.07) is 4.51. The van der Waals surface area contributed by atoms with Gasteiger partial charge in [0.05, 0.1) is 14.2 Å². The third-order valence-corrected chi connectivity index (χ3v) is 2.46. The fourth-order valence-corrected chi connectivity index (χ4v) is 1.63. The molecule has 0 fully saturated rings. The Labute approximate surface area is 99.5 Å². The molecule has 0 heterocycles. The molecule has 0 aromatic heterocycles. The second-order valence-corrected chi connectivity index (χ2v) is 3.57. The maximum atomic E-state index is 11.5. The van der Waals surface area contributed by atoms with E-state index in [9.17, 15) is 4.79 Å². The number of carbonyl (C=O) groups excluding carboxylic acids is 1. The molecule has 1 N–H and O–H groups in total. The van der Waals surface area contributed by atoms with E-state index >= 15 is 0 Å². The van der Waals surface area contributed by atoms with Crippen LogP contribution in [0.5, 0.6) is 5.75 Å². The first-order valence-electron chi connectivity index (χ1n) is 4.72. The first kappa shape index (κ1) is 12.8. The van der Waals surface area contributed by atoms with E-state index in [-0.39, 0.29) is 5.97 Å². The van der Waals surface area contributed by atoms with Gasteiger partial charge in [0.15, 0.2) is 0 Å². The summed E-state index contributed by atoms with van der Waals surface area (Å²) in [6.07, 6.45) is 0. The summed E-state index contributed by atoms with van der Waals surface area (Å²) in [4.78, 5) is 11.5. The molecule has 1 atom stereocenters. The third kappa shape index (κ3) is 2.65. The Kier molecular flexibility index (Phi) is 4.58.